The fourth-order valence-electron chi connectivity index (χ4n) is 1.98. The molecule has 108 valence electrons. The monoisotopic (exact) mass is 265 g/mol. The zero-order valence-electron chi connectivity index (χ0n) is 12.1. The zero-order valence-corrected chi connectivity index (χ0v) is 12.1. The van der Waals surface area contributed by atoms with Crippen LogP contribution >= 0.6 is 0 Å². The number of nitrogens with one attached hydrogen (secondary N) is 1. The molecule has 0 spiro atoms. The average molecular weight is 265 g/mol. The molecule has 19 heavy (non-hydrogen) atoms. The summed E-state index contributed by atoms with van der Waals surface area (Å²) in [5.74, 6) is 0.706. The van der Waals surface area contributed by atoms with E-state index in [0.29, 0.717) is 25.7 Å². The highest BCUT2D eigenvalue weighted by Crippen LogP contribution is 2.05. The largest absolute Gasteiger partial charge is 0.389 e. The number of hydrogen-bond donors (Lipinski definition) is 2. The van der Waals surface area contributed by atoms with E-state index in [1.54, 1.807) is 0 Å². The smallest absolute Gasteiger partial charge is 0.0897 e. The van der Waals surface area contributed by atoms with E-state index in [2.05, 4.69) is 19.2 Å². The topological polar surface area (TPSA) is 41.5 Å². The minimum Gasteiger partial charge on any atom is -0.389 e. The number of rotatable bonds is 10. The molecule has 3 heteroatoms. The normalized spacial score (nSPS) is 12.8. The Kier molecular flexibility index (Phi) is 8.47. The van der Waals surface area contributed by atoms with Crippen molar-refractivity contribution in [1.29, 1.82) is 0 Å². The van der Waals surface area contributed by atoms with Gasteiger partial charge in [0, 0.05) is 6.54 Å². The van der Waals surface area contributed by atoms with Gasteiger partial charge >= 0.3 is 0 Å². The van der Waals surface area contributed by atoms with Crippen LogP contribution in [0.5, 0.6) is 0 Å². The fourth-order valence-corrected chi connectivity index (χ4v) is 1.98. The number of hydrogen-bond acceptors (Lipinski definition) is 3. The highest BCUT2D eigenvalue weighted by atomic mass is 16.5. The van der Waals surface area contributed by atoms with Crippen molar-refractivity contribution in [3.8, 4) is 0 Å². The molecule has 1 unspecified atom stereocenters. The molecule has 0 fully saturated rings. The molecule has 0 saturated carbocycles. The van der Waals surface area contributed by atoms with Gasteiger partial charge in [-0.2, -0.15) is 0 Å². The van der Waals surface area contributed by atoms with Gasteiger partial charge in [-0.3, -0.25) is 0 Å². The lowest BCUT2D eigenvalue weighted by atomic mass is 10.0. The first-order valence-electron chi connectivity index (χ1n) is 7.26. The van der Waals surface area contributed by atoms with E-state index in [0.717, 1.165) is 12.1 Å². The highest BCUT2D eigenvalue weighted by Gasteiger charge is 2.06. The predicted molar refractivity (Wildman–Crippen MR) is 79.0 cm³/mol. The van der Waals surface area contributed by atoms with Gasteiger partial charge in [0.2, 0.25) is 0 Å². The van der Waals surface area contributed by atoms with Gasteiger partial charge in [0.1, 0.15) is 0 Å². The Bertz CT molecular complexity index is 312. The zero-order chi connectivity index (χ0) is 13.9. The lowest BCUT2D eigenvalue weighted by molar-refractivity contribution is 0.0285. The van der Waals surface area contributed by atoms with Gasteiger partial charge in [-0.1, -0.05) is 57.0 Å². The van der Waals surface area contributed by atoms with Crippen LogP contribution in [0.1, 0.15) is 32.3 Å². The molecule has 0 aromatic heterocycles. The van der Waals surface area contributed by atoms with Crippen molar-refractivity contribution in [3.63, 3.8) is 0 Å². The molecule has 1 rings (SSSR count). The number of aliphatic hydroxyl groups is 1. The van der Waals surface area contributed by atoms with Crippen LogP contribution in [0.15, 0.2) is 30.3 Å². The maximum Gasteiger partial charge on any atom is 0.0897 e. The van der Waals surface area contributed by atoms with Crippen molar-refractivity contribution in [3.05, 3.63) is 35.9 Å². The average Bonchev–Trinajstić information content (AvgIpc) is 2.45. The summed E-state index contributed by atoms with van der Waals surface area (Å²) < 4.78 is 5.50. The van der Waals surface area contributed by atoms with E-state index in [-0.39, 0.29) is 0 Å². The van der Waals surface area contributed by atoms with Crippen LogP contribution in [0.3, 0.4) is 0 Å². The number of benzene rings is 1. The third kappa shape index (κ3) is 7.31. The summed E-state index contributed by atoms with van der Waals surface area (Å²) >= 11 is 0. The molecular formula is C16H27NO2. The summed E-state index contributed by atoms with van der Waals surface area (Å²) in [6, 6.07) is 10.0. The van der Waals surface area contributed by atoms with Crippen LogP contribution < -0.4 is 5.32 Å². The Morgan fingerprint density at radius 2 is 1.79 bits per heavy atom. The standard InChI is InChI=1S/C16H27NO2/c1-3-14(4-2)10-17-11-16(18)13-19-12-15-8-6-5-7-9-15/h5-9,14,16-18H,3-4,10-13H2,1-2H3. The summed E-state index contributed by atoms with van der Waals surface area (Å²) in [7, 11) is 0. The maximum absolute atomic E-state index is 9.80. The Balaban J connectivity index is 2.06. The Labute approximate surface area is 117 Å². The van der Waals surface area contributed by atoms with E-state index >= 15 is 0 Å². The molecule has 0 aliphatic rings. The van der Waals surface area contributed by atoms with Gasteiger partial charge in [-0.15, -0.1) is 0 Å². The molecule has 1 atom stereocenters. The van der Waals surface area contributed by atoms with Crippen LogP contribution in [0.25, 0.3) is 0 Å². The van der Waals surface area contributed by atoms with Crippen LogP contribution in [0, 0.1) is 5.92 Å². The molecule has 1 aromatic carbocycles. The molecule has 3 nitrogen and oxygen atoms in total. The molecule has 0 bridgehead atoms. The second-order valence-corrected chi connectivity index (χ2v) is 5.00. The SMILES string of the molecule is CCC(CC)CNCC(O)COCc1ccccc1. The molecule has 2 N–H and O–H groups in total. The van der Waals surface area contributed by atoms with E-state index in [1.165, 1.54) is 12.8 Å². The van der Waals surface area contributed by atoms with Crippen molar-refractivity contribution in [2.45, 2.75) is 39.4 Å². The Morgan fingerprint density at radius 1 is 1.11 bits per heavy atom. The summed E-state index contributed by atoms with van der Waals surface area (Å²) in [5.41, 5.74) is 1.14. The van der Waals surface area contributed by atoms with Crippen molar-refractivity contribution in [1.82, 2.24) is 5.32 Å². The number of aliphatic hydroxyl groups excluding tert-OH is 1. The molecule has 0 saturated heterocycles. The quantitative estimate of drug-likeness (QED) is 0.683. The summed E-state index contributed by atoms with van der Waals surface area (Å²) in [5, 5.41) is 13.1. The molecular weight excluding hydrogens is 238 g/mol. The molecule has 1 aromatic rings. The molecule has 0 aliphatic carbocycles. The van der Waals surface area contributed by atoms with Gasteiger partial charge < -0.3 is 15.2 Å². The first-order chi connectivity index (χ1) is 9.26. The molecule has 0 heterocycles. The Hall–Kier alpha value is -0.900. The van der Waals surface area contributed by atoms with Crippen molar-refractivity contribution < 1.29 is 9.84 Å². The second kappa shape index (κ2) is 9.96. The van der Waals surface area contributed by atoms with Crippen LogP contribution in [0.4, 0.5) is 0 Å². The van der Waals surface area contributed by atoms with Crippen molar-refractivity contribution >= 4 is 0 Å². The third-order valence-corrected chi connectivity index (χ3v) is 3.39. The second-order valence-electron chi connectivity index (χ2n) is 5.00. The first-order valence-corrected chi connectivity index (χ1v) is 7.26. The third-order valence-electron chi connectivity index (χ3n) is 3.39. The van der Waals surface area contributed by atoms with E-state index in [9.17, 15) is 5.11 Å². The van der Waals surface area contributed by atoms with Crippen LogP contribution in [-0.2, 0) is 11.3 Å². The van der Waals surface area contributed by atoms with Crippen molar-refractivity contribution in [2.24, 2.45) is 5.92 Å². The van der Waals surface area contributed by atoms with E-state index < -0.39 is 6.10 Å². The minimum absolute atomic E-state index is 0.380. The van der Waals surface area contributed by atoms with Gasteiger partial charge in [0.15, 0.2) is 0 Å². The van der Waals surface area contributed by atoms with E-state index in [1.807, 2.05) is 30.3 Å². The first kappa shape index (κ1) is 16.2. The van der Waals surface area contributed by atoms with Crippen molar-refractivity contribution in [2.75, 3.05) is 19.7 Å². The fraction of sp³-hybridized carbons (Fsp3) is 0.625. The van der Waals surface area contributed by atoms with Crippen LogP contribution in [-0.4, -0.2) is 30.9 Å². The minimum atomic E-state index is -0.432. The lowest BCUT2D eigenvalue weighted by Crippen LogP contribution is -2.33. The molecule has 0 amide bonds. The molecule has 0 radical (unpaired) electrons. The Morgan fingerprint density at radius 3 is 2.42 bits per heavy atom. The highest BCUT2D eigenvalue weighted by molar-refractivity contribution is 5.13. The number of ether oxygens (including phenoxy) is 1. The lowest BCUT2D eigenvalue weighted by Gasteiger charge is -2.16. The van der Waals surface area contributed by atoms with Gasteiger partial charge in [-0.05, 0) is 18.0 Å². The van der Waals surface area contributed by atoms with Gasteiger partial charge in [-0.25, -0.2) is 0 Å². The summed E-state index contributed by atoms with van der Waals surface area (Å²) in [6.45, 7) is 6.92. The van der Waals surface area contributed by atoms with E-state index in [4.69, 9.17) is 4.74 Å². The predicted octanol–water partition coefficient (Wildman–Crippen LogP) is 2.59. The summed E-state index contributed by atoms with van der Waals surface area (Å²) in [6.07, 6.45) is 1.94. The summed E-state index contributed by atoms with van der Waals surface area (Å²) in [4.78, 5) is 0. The van der Waals surface area contributed by atoms with Gasteiger partial charge in [0.05, 0.1) is 19.3 Å². The van der Waals surface area contributed by atoms with Gasteiger partial charge in [0.25, 0.3) is 0 Å². The van der Waals surface area contributed by atoms with Crippen LogP contribution in [0.2, 0.25) is 0 Å². The maximum atomic E-state index is 9.80. The molecule has 0 aliphatic heterocycles.